The van der Waals surface area contributed by atoms with E-state index in [4.69, 9.17) is 0 Å². The van der Waals surface area contributed by atoms with Crippen molar-refractivity contribution in [3.05, 3.63) is 62.4 Å². The van der Waals surface area contributed by atoms with E-state index in [2.05, 4.69) is 10.3 Å². The van der Waals surface area contributed by atoms with Crippen LogP contribution in [-0.2, 0) is 21.2 Å². The monoisotopic (exact) mass is 434 g/mol. The highest BCUT2D eigenvalue weighted by atomic mass is 32.2. The highest BCUT2D eigenvalue weighted by molar-refractivity contribution is 7.89. The van der Waals surface area contributed by atoms with E-state index in [1.807, 2.05) is 35.3 Å². The van der Waals surface area contributed by atoms with E-state index in [1.54, 1.807) is 0 Å². The summed E-state index contributed by atoms with van der Waals surface area (Å²) in [4.78, 5) is 39.8. The molecule has 3 N–H and O–H groups in total. The largest absolute Gasteiger partial charge is 0.356 e. The Morgan fingerprint density at radius 2 is 1.93 bits per heavy atom. The van der Waals surface area contributed by atoms with Gasteiger partial charge in [0, 0.05) is 25.3 Å². The van der Waals surface area contributed by atoms with Crippen LogP contribution in [0.25, 0.3) is 0 Å². The van der Waals surface area contributed by atoms with Crippen molar-refractivity contribution in [2.45, 2.75) is 37.5 Å². The minimum absolute atomic E-state index is 0.00482. The second-order valence-electron chi connectivity index (χ2n) is 7.44. The van der Waals surface area contributed by atoms with Crippen molar-refractivity contribution >= 4 is 15.9 Å². The number of H-pyrrole nitrogens is 2. The Labute approximate surface area is 174 Å². The number of aryl methyl sites for hydroxylation is 2. The van der Waals surface area contributed by atoms with Gasteiger partial charge in [-0.25, -0.2) is 13.2 Å². The fourth-order valence-electron chi connectivity index (χ4n) is 3.70. The molecule has 1 aliphatic rings. The van der Waals surface area contributed by atoms with Crippen molar-refractivity contribution in [3.8, 4) is 0 Å². The van der Waals surface area contributed by atoms with Crippen LogP contribution in [0, 0.1) is 12.8 Å². The van der Waals surface area contributed by atoms with E-state index < -0.39 is 32.1 Å². The number of hydrogen-bond donors (Lipinski definition) is 3. The number of aromatic nitrogens is 2. The summed E-state index contributed by atoms with van der Waals surface area (Å²) >= 11 is 0. The molecule has 0 unspecified atom stereocenters. The molecule has 1 aromatic heterocycles. The first-order chi connectivity index (χ1) is 14.3. The minimum atomic E-state index is -4.13. The van der Waals surface area contributed by atoms with E-state index in [1.165, 1.54) is 12.5 Å². The van der Waals surface area contributed by atoms with Crippen LogP contribution < -0.4 is 16.6 Å². The topological polar surface area (TPSA) is 132 Å². The van der Waals surface area contributed by atoms with Crippen LogP contribution >= 0.6 is 0 Å². The lowest BCUT2D eigenvalue weighted by Gasteiger charge is -2.31. The third-order valence-corrected chi connectivity index (χ3v) is 7.23. The number of rotatable bonds is 7. The first kappa shape index (κ1) is 22.0. The van der Waals surface area contributed by atoms with Crippen molar-refractivity contribution in [3.63, 3.8) is 0 Å². The SMILES string of the molecule is Cc1[nH]c(=O)[nH]c(=O)c1S(=O)(=O)N1CCC[C@@H](C(=O)NCCCc2ccccc2)C1. The molecule has 9 nitrogen and oxygen atoms in total. The number of carbonyl (C=O) groups is 1. The van der Waals surface area contributed by atoms with Gasteiger partial charge in [-0.2, -0.15) is 4.31 Å². The molecule has 2 heterocycles. The van der Waals surface area contributed by atoms with Gasteiger partial charge in [0.2, 0.25) is 15.9 Å². The van der Waals surface area contributed by atoms with Crippen LogP contribution in [-0.4, -0.2) is 48.2 Å². The molecule has 0 spiro atoms. The van der Waals surface area contributed by atoms with Gasteiger partial charge in [0.15, 0.2) is 4.90 Å². The number of amides is 1. The van der Waals surface area contributed by atoms with Crippen molar-refractivity contribution in [1.82, 2.24) is 19.6 Å². The molecule has 0 bridgehead atoms. The standard InChI is InChI=1S/C20H26N4O5S/c1-14-17(19(26)23-20(27)22-14)30(28,29)24-12-6-10-16(13-24)18(25)21-11-5-9-15-7-3-2-4-8-15/h2-4,7-8,16H,5-6,9-13H2,1H3,(H,21,25)(H2,22,23,26,27)/t16-/m1/s1. The number of benzene rings is 1. The van der Waals surface area contributed by atoms with Crippen LogP contribution in [0.2, 0.25) is 0 Å². The Kier molecular flexibility index (Phi) is 6.88. The van der Waals surface area contributed by atoms with Gasteiger partial charge in [-0.15, -0.1) is 0 Å². The summed E-state index contributed by atoms with van der Waals surface area (Å²) in [6.45, 7) is 2.10. The number of sulfonamides is 1. The van der Waals surface area contributed by atoms with E-state index in [9.17, 15) is 22.8 Å². The minimum Gasteiger partial charge on any atom is -0.356 e. The highest BCUT2D eigenvalue weighted by Crippen LogP contribution is 2.23. The van der Waals surface area contributed by atoms with Crippen molar-refractivity contribution in [2.24, 2.45) is 5.92 Å². The van der Waals surface area contributed by atoms with E-state index in [-0.39, 0.29) is 24.7 Å². The summed E-state index contributed by atoms with van der Waals surface area (Å²) in [5, 5.41) is 2.89. The molecular weight excluding hydrogens is 408 g/mol. The molecule has 0 radical (unpaired) electrons. The summed E-state index contributed by atoms with van der Waals surface area (Å²) in [5.74, 6) is -0.664. The molecule has 1 aliphatic heterocycles. The number of piperidine rings is 1. The molecule has 1 amide bonds. The molecule has 2 aromatic rings. The summed E-state index contributed by atoms with van der Waals surface area (Å²) in [5.41, 5.74) is -0.536. The summed E-state index contributed by atoms with van der Waals surface area (Å²) in [6, 6.07) is 9.97. The lowest BCUT2D eigenvalue weighted by Crippen LogP contribution is -2.47. The quantitative estimate of drug-likeness (QED) is 0.547. The first-order valence-corrected chi connectivity index (χ1v) is 11.4. The molecule has 3 rings (SSSR count). The summed E-state index contributed by atoms with van der Waals surface area (Å²) in [7, 11) is -4.13. The average molecular weight is 435 g/mol. The third kappa shape index (κ3) is 5.06. The molecule has 1 aromatic carbocycles. The Bertz CT molecular complexity index is 1110. The van der Waals surface area contributed by atoms with E-state index >= 15 is 0 Å². The number of carbonyl (C=O) groups excluding carboxylic acids is 1. The Morgan fingerprint density at radius 3 is 2.63 bits per heavy atom. The number of nitrogens with one attached hydrogen (secondary N) is 3. The fraction of sp³-hybridized carbons (Fsp3) is 0.450. The molecule has 162 valence electrons. The van der Waals surface area contributed by atoms with Crippen LogP contribution in [0.1, 0.15) is 30.5 Å². The van der Waals surface area contributed by atoms with Gasteiger partial charge in [-0.1, -0.05) is 30.3 Å². The molecule has 10 heteroatoms. The third-order valence-electron chi connectivity index (χ3n) is 5.21. The maximum atomic E-state index is 13.0. The Balaban J connectivity index is 1.61. The van der Waals surface area contributed by atoms with Crippen molar-refractivity contribution < 1.29 is 13.2 Å². The molecule has 1 atom stereocenters. The Hall–Kier alpha value is -2.72. The molecule has 1 fully saturated rings. The second-order valence-corrected chi connectivity index (χ2v) is 9.32. The van der Waals surface area contributed by atoms with Crippen molar-refractivity contribution in [2.75, 3.05) is 19.6 Å². The van der Waals surface area contributed by atoms with E-state index in [0.29, 0.717) is 19.4 Å². The zero-order valence-electron chi connectivity index (χ0n) is 16.8. The molecule has 0 aliphatic carbocycles. The number of nitrogens with zero attached hydrogens (tertiary/aromatic N) is 1. The van der Waals surface area contributed by atoms with Gasteiger partial charge in [0.25, 0.3) is 5.56 Å². The predicted octanol–water partition coefficient (Wildman–Crippen LogP) is 0.521. The van der Waals surface area contributed by atoms with Gasteiger partial charge in [0.05, 0.1) is 5.92 Å². The summed E-state index contributed by atoms with van der Waals surface area (Å²) < 4.78 is 27.1. The first-order valence-electron chi connectivity index (χ1n) is 9.94. The van der Waals surface area contributed by atoms with Gasteiger partial charge in [-0.05, 0) is 38.2 Å². The lowest BCUT2D eigenvalue weighted by molar-refractivity contribution is -0.126. The average Bonchev–Trinajstić information content (AvgIpc) is 2.71. The summed E-state index contributed by atoms with van der Waals surface area (Å²) in [6.07, 6.45) is 2.73. The predicted molar refractivity (Wildman–Crippen MR) is 112 cm³/mol. The van der Waals surface area contributed by atoms with Crippen LogP contribution in [0.3, 0.4) is 0 Å². The maximum absolute atomic E-state index is 13.0. The maximum Gasteiger partial charge on any atom is 0.325 e. The highest BCUT2D eigenvalue weighted by Gasteiger charge is 2.35. The zero-order chi connectivity index (χ0) is 21.7. The van der Waals surface area contributed by atoms with Gasteiger partial charge >= 0.3 is 5.69 Å². The fourth-order valence-corrected chi connectivity index (χ4v) is 5.42. The van der Waals surface area contributed by atoms with Crippen LogP contribution in [0.4, 0.5) is 0 Å². The number of aromatic amines is 2. The second kappa shape index (κ2) is 9.40. The molecular formula is C20H26N4O5S. The van der Waals surface area contributed by atoms with Crippen molar-refractivity contribution in [1.29, 1.82) is 0 Å². The number of hydrogen-bond acceptors (Lipinski definition) is 5. The molecule has 30 heavy (non-hydrogen) atoms. The van der Waals surface area contributed by atoms with Crippen LogP contribution in [0.5, 0.6) is 0 Å². The Morgan fingerprint density at radius 1 is 1.20 bits per heavy atom. The van der Waals surface area contributed by atoms with Crippen LogP contribution in [0.15, 0.2) is 44.8 Å². The zero-order valence-corrected chi connectivity index (χ0v) is 17.6. The lowest BCUT2D eigenvalue weighted by atomic mass is 9.99. The van der Waals surface area contributed by atoms with Gasteiger partial charge < -0.3 is 10.3 Å². The van der Waals surface area contributed by atoms with Gasteiger partial charge in [-0.3, -0.25) is 14.6 Å². The molecule has 0 saturated carbocycles. The molecule has 1 saturated heterocycles. The smallest absolute Gasteiger partial charge is 0.325 e. The van der Waals surface area contributed by atoms with Gasteiger partial charge in [0.1, 0.15) is 0 Å². The normalized spacial score (nSPS) is 17.6. The van der Waals surface area contributed by atoms with E-state index in [0.717, 1.165) is 17.1 Å².